The number of allylic oxidation sites excluding steroid dienone is 3. The van der Waals surface area contributed by atoms with Gasteiger partial charge in [-0.25, -0.2) is 0 Å². The second-order valence-corrected chi connectivity index (χ2v) is 3.31. The maximum absolute atomic E-state index is 3.99. The van der Waals surface area contributed by atoms with Crippen LogP contribution < -0.4 is 5.32 Å². The first kappa shape index (κ1) is 8.82. The van der Waals surface area contributed by atoms with Crippen LogP contribution in [0, 0.1) is 0 Å². The molecule has 0 atom stereocenters. The van der Waals surface area contributed by atoms with Crippen LogP contribution in [-0.4, -0.2) is 0 Å². The van der Waals surface area contributed by atoms with Gasteiger partial charge in [0, 0.05) is 17.8 Å². The molecule has 1 heterocycles. The van der Waals surface area contributed by atoms with Crippen LogP contribution in [0.15, 0.2) is 55.3 Å². The van der Waals surface area contributed by atoms with Gasteiger partial charge in [-0.1, -0.05) is 49.6 Å². The van der Waals surface area contributed by atoms with Crippen LogP contribution in [0.3, 0.4) is 0 Å². The van der Waals surface area contributed by atoms with Crippen molar-refractivity contribution in [3.05, 3.63) is 66.4 Å². The maximum Gasteiger partial charge on any atom is 0.0406 e. The van der Waals surface area contributed by atoms with Crippen molar-refractivity contribution in [2.75, 3.05) is 0 Å². The fraction of sp³-hybridized carbons (Fsp3) is 0.0769. The van der Waals surface area contributed by atoms with Gasteiger partial charge in [0.05, 0.1) is 0 Å². The van der Waals surface area contributed by atoms with Crippen LogP contribution in [0.5, 0.6) is 0 Å². The molecule has 0 amide bonds. The van der Waals surface area contributed by atoms with Crippen molar-refractivity contribution in [2.45, 2.75) is 6.54 Å². The number of hydrogen-bond donors (Lipinski definition) is 1. The van der Waals surface area contributed by atoms with Crippen LogP contribution in [0.2, 0.25) is 0 Å². The Morgan fingerprint density at radius 2 is 2.07 bits per heavy atom. The van der Waals surface area contributed by atoms with Gasteiger partial charge in [0.1, 0.15) is 0 Å². The molecule has 1 nitrogen and oxygen atoms in total. The summed E-state index contributed by atoms with van der Waals surface area (Å²) in [7, 11) is 0. The molecule has 1 aromatic carbocycles. The van der Waals surface area contributed by atoms with Crippen molar-refractivity contribution >= 4 is 5.57 Å². The first-order valence-corrected chi connectivity index (χ1v) is 4.67. The Hall–Kier alpha value is -1.76. The molecule has 0 aliphatic carbocycles. The van der Waals surface area contributed by atoms with E-state index in [0.29, 0.717) is 0 Å². The van der Waals surface area contributed by atoms with Crippen molar-refractivity contribution in [3.63, 3.8) is 0 Å². The Bertz CT molecular complexity index is 413. The largest absolute Gasteiger partial charge is 0.381 e. The van der Waals surface area contributed by atoms with E-state index in [1.807, 2.05) is 12.1 Å². The minimum atomic E-state index is 0.865. The monoisotopic (exact) mass is 183 g/mol. The zero-order valence-corrected chi connectivity index (χ0v) is 8.09. The molecule has 1 N–H and O–H groups in total. The van der Waals surface area contributed by atoms with Crippen LogP contribution >= 0.6 is 0 Å². The van der Waals surface area contributed by atoms with Gasteiger partial charge in [0.15, 0.2) is 0 Å². The molecule has 0 radical (unpaired) electrons. The number of rotatable bonds is 1. The van der Waals surface area contributed by atoms with E-state index in [-0.39, 0.29) is 0 Å². The van der Waals surface area contributed by atoms with Crippen LogP contribution in [0.1, 0.15) is 11.1 Å². The van der Waals surface area contributed by atoms with E-state index in [4.69, 9.17) is 0 Å². The lowest BCUT2D eigenvalue weighted by atomic mass is 9.94. The standard InChI is InChI=1S/C13H13N/c1-3-6-12-10(2)14-9-11-7-4-5-8-13(11)12/h3-8,14H,1-2,9H2/b12-6+. The van der Waals surface area contributed by atoms with Gasteiger partial charge in [-0.2, -0.15) is 0 Å². The van der Waals surface area contributed by atoms with E-state index in [9.17, 15) is 0 Å². The Morgan fingerprint density at radius 1 is 1.29 bits per heavy atom. The van der Waals surface area contributed by atoms with Crippen molar-refractivity contribution < 1.29 is 0 Å². The highest BCUT2D eigenvalue weighted by atomic mass is 14.9. The summed E-state index contributed by atoms with van der Waals surface area (Å²) in [6.07, 6.45) is 3.79. The third-order valence-corrected chi connectivity index (χ3v) is 2.41. The highest BCUT2D eigenvalue weighted by Gasteiger charge is 2.14. The van der Waals surface area contributed by atoms with Gasteiger partial charge in [-0.05, 0) is 11.1 Å². The quantitative estimate of drug-likeness (QED) is 0.706. The zero-order valence-electron chi connectivity index (χ0n) is 8.09. The van der Waals surface area contributed by atoms with Crippen LogP contribution in [0.4, 0.5) is 0 Å². The molecule has 0 bridgehead atoms. The van der Waals surface area contributed by atoms with Crippen molar-refractivity contribution in [1.29, 1.82) is 0 Å². The van der Waals surface area contributed by atoms with E-state index in [2.05, 4.69) is 36.7 Å². The first-order valence-electron chi connectivity index (χ1n) is 4.67. The second-order valence-electron chi connectivity index (χ2n) is 3.31. The molecule has 0 aromatic heterocycles. The average molecular weight is 183 g/mol. The van der Waals surface area contributed by atoms with E-state index >= 15 is 0 Å². The van der Waals surface area contributed by atoms with Gasteiger partial charge in [0.2, 0.25) is 0 Å². The molecule has 0 saturated carbocycles. The molecule has 0 saturated heterocycles. The molecule has 2 rings (SSSR count). The lowest BCUT2D eigenvalue weighted by Crippen LogP contribution is -2.19. The summed E-state index contributed by atoms with van der Waals surface area (Å²) >= 11 is 0. The summed E-state index contributed by atoms with van der Waals surface area (Å²) in [6, 6.07) is 8.36. The third-order valence-electron chi connectivity index (χ3n) is 2.41. The van der Waals surface area contributed by atoms with Crippen molar-refractivity contribution in [1.82, 2.24) is 5.32 Å². The topological polar surface area (TPSA) is 12.0 Å². The highest BCUT2D eigenvalue weighted by Crippen LogP contribution is 2.28. The molecule has 0 unspecified atom stereocenters. The number of benzene rings is 1. The summed E-state index contributed by atoms with van der Waals surface area (Å²) in [6.45, 7) is 8.57. The molecule has 1 heteroatoms. The van der Waals surface area contributed by atoms with Crippen molar-refractivity contribution in [3.8, 4) is 0 Å². The van der Waals surface area contributed by atoms with Gasteiger partial charge in [-0.3, -0.25) is 0 Å². The Labute approximate surface area is 84.5 Å². The fourth-order valence-corrected chi connectivity index (χ4v) is 1.71. The second kappa shape index (κ2) is 3.54. The SMILES string of the molecule is C=C/C=C1\C(=C)NCc2ccccc21. The van der Waals surface area contributed by atoms with Gasteiger partial charge >= 0.3 is 0 Å². The van der Waals surface area contributed by atoms with E-state index in [1.165, 1.54) is 11.1 Å². The summed E-state index contributed by atoms with van der Waals surface area (Å²) in [5.41, 5.74) is 4.69. The van der Waals surface area contributed by atoms with Crippen LogP contribution in [0.25, 0.3) is 5.57 Å². The van der Waals surface area contributed by atoms with Crippen LogP contribution in [-0.2, 0) is 6.54 Å². The first-order chi connectivity index (χ1) is 6.83. The molecule has 1 aliphatic rings. The minimum absolute atomic E-state index is 0.865. The minimum Gasteiger partial charge on any atom is -0.381 e. The maximum atomic E-state index is 3.99. The third kappa shape index (κ3) is 1.37. The number of hydrogen-bond acceptors (Lipinski definition) is 1. The predicted molar refractivity (Wildman–Crippen MR) is 60.6 cm³/mol. The predicted octanol–water partition coefficient (Wildman–Crippen LogP) is 2.87. The fourth-order valence-electron chi connectivity index (χ4n) is 1.71. The summed E-state index contributed by atoms with van der Waals surface area (Å²) in [5, 5.41) is 3.26. The average Bonchev–Trinajstić information content (AvgIpc) is 2.23. The molecular formula is C13H13N. The molecule has 70 valence electrons. The molecule has 0 fully saturated rings. The highest BCUT2D eigenvalue weighted by molar-refractivity contribution is 5.82. The number of fused-ring (bicyclic) bond motifs is 1. The lowest BCUT2D eigenvalue weighted by Gasteiger charge is -2.22. The summed E-state index contributed by atoms with van der Waals surface area (Å²) in [5.74, 6) is 0. The molecule has 1 aliphatic heterocycles. The molecular weight excluding hydrogens is 170 g/mol. The normalized spacial score (nSPS) is 17.4. The Balaban J connectivity index is 2.57. The smallest absolute Gasteiger partial charge is 0.0406 e. The summed E-state index contributed by atoms with van der Waals surface area (Å²) < 4.78 is 0. The van der Waals surface area contributed by atoms with Gasteiger partial charge in [-0.15, -0.1) is 0 Å². The zero-order chi connectivity index (χ0) is 9.97. The summed E-state index contributed by atoms with van der Waals surface area (Å²) in [4.78, 5) is 0. The molecule has 1 aromatic rings. The van der Waals surface area contributed by atoms with E-state index in [0.717, 1.165) is 17.8 Å². The Morgan fingerprint density at radius 3 is 2.86 bits per heavy atom. The Kier molecular flexibility index (Phi) is 2.23. The van der Waals surface area contributed by atoms with Gasteiger partial charge in [0.25, 0.3) is 0 Å². The molecule has 14 heavy (non-hydrogen) atoms. The van der Waals surface area contributed by atoms with E-state index < -0.39 is 0 Å². The lowest BCUT2D eigenvalue weighted by molar-refractivity contribution is 0.818. The van der Waals surface area contributed by atoms with E-state index in [1.54, 1.807) is 6.08 Å². The number of nitrogens with one attached hydrogen (secondary N) is 1. The molecule has 0 spiro atoms. The van der Waals surface area contributed by atoms with Gasteiger partial charge < -0.3 is 5.32 Å². The van der Waals surface area contributed by atoms with Crippen molar-refractivity contribution in [2.24, 2.45) is 0 Å².